The summed E-state index contributed by atoms with van der Waals surface area (Å²) in [6.07, 6.45) is 0. The normalized spacial score (nSPS) is 27.4. The zero-order chi connectivity index (χ0) is 7.99. The quantitative estimate of drug-likeness (QED) is 0.494. The van der Waals surface area contributed by atoms with Gasteiger partial charge in [-0.2, -0.15) is 10.2 Å². The van der Waals surface area contributed by atoms with E-state index in [1.807, 2.05) is 27.7 Å². The summed E-state index contributed by atoms with van der Waals surface area (Å²) in [5.74, 6) is 0. The van der Waals surface area contributed by atoms with Gasteiger partial charge in [0.2, 0.25) is 0 Å². The first kappa shape index (κ1) is 7.79. The molecule has 1 heterocycles. The van der Waals surface area contributed by atoms with Crippen molar-refractivity contribution in [2.24, 2.45) is 10.2 Å². The van der Waals surface area contributed by atoms with Crippen LogP contribution in [0.5, 0.6) is 0 Å². The molecule has 0 unspecified atom stereocenters. The predicted molar refractivity (Wildman–Crippen MR) is 45.6 cm³/mol. The van der Waals surface area contributed by atoms with Gasteiger partial charge in [0, 0.05) is 0 Å². The summed E-state index contributed by atoms with van der Waals surface area (Å²) in [6.45, 7) is 7.97. The molecule has 3 heteroatoms. The minimum atomic E-state index is -0.223. The van der Waals surface area contributed by atoms with Crippen molar-refractivity contribution in [2.45, 2.75) is 38.8 Å². The summed E-state index contributed by atoms with van der Waals surface area (Å²) < 4.78 is 0. The van der Waals surface area contributed by atoms with Crippen molar-refractivity contribution in [3.63, 3.8) is 0 Å². The number of rotatable bonds is 0. The molecule has 0 aliphatic carbocycles. The largest absolute Gasteiger partial charge is 0.182 e. The molecular weight excluding hydrogens is 144 g/mol. The lowest BCUT2D eigenvalue weighted by Gasteiger charge is -2.19. The van der Waals surface area contributed by atoms with Gasteiger partial charge >= 0.3 is 0 Å². The Morgan fingerprint density at radius 3 is 1.40 bits per heavy atom. The maximum atomic E-state index is 5.20. The van der Waals surface area contributed by atoms with Crippen LogP contribution >= 0.6 is 12.2 Å². The second-order valence-electron chi connectivity index (χ2n) is 3.65. The molecule has 1 aliphatic rings. The van der Waals surface area contributed by atoms with Crippen LogP contribution in [0.3, 0.4) is 0 Å². The molecule has 0 amide bonds. The topological polar surface area (TPSA) is 24.7 Å². The van der Waals surface area contributed by atoms with Crippen molar-refractivity contribution in [2.75, 3.05) is 0 Å². The molecule has 0 atom stereocenters. The summed E-state index contributed by atoms with van der Waals surface area (Å²) >= 11 is 5.20. The number of nitrogens with zero attached hydrogens (tertiary/aromatic N) is 2. The lowest BCUT2D eigenvalue weighted by atomic mass is 9.90. The maximum absolute atomic E-state index is 5.20. The lowest BCUT2D eigenvalue weighted by Crippen LogP contribution is -2.36. The highest BCUT2D eigenvalue weighted by molar-refractivity contribution is 7.80. The molecule has 0 aromatic rings. The zero-order valence-corrected chi connectivity index (χ0v) is 7.62. The summed E-state index contributed by atoms with van der Waals surface area (Å²) in [5, 5.41) is 8.17. The number of thiocarbonyl (C=S) groups is 1. The van der Waals surface area contributed by atoms with E-state index in [1.165, 1.54) is 0 Å². The van der Waals surface area contributed by atoms with Crippen LogP contribution in [-0.4, -0.2) is 15.9 Å². The van der Waals surface area contributed by atoms with Gasteiger partial charge in [0.15, 0.2) is 0 Å². The van der Waals surface area contributed by atoms with E-state index in [1.54, 1.807) is 0 Å². The second kappa shape index (κ2) is 1.84. The highest BCUT2D eigenvalue weighted by atomic mass is 32.1. The van der Waals surface area contributed by atoms with Crippen LogP contribution in [0.2, 0.25) is 0 Å². The third-order valence-electron chi connectivity index (χ3n) is 1.66. The SMILES string of the molecule is CC1(C)N=NC(C)(C)C1=S. The van der Waals surface area contributed by atoms with Gasteiger partial charge in [-0.15, -0.1) is 0 Å². The standard InChI is InChI=1S/C7H12N2S/c1-6(2)5(10)7(3,4)9-8-6/h1-4H3. The van der Waals surface area contributed by atoms with Crippen LogP contribution < -0.4 is 0 Å². The Labute approximate surface area is 66.7 Å². The summed E-state index contributed by atoms with van der Waals surface area (Å²) in [6, 6.07) is 0. The smallest absolute Gasteiger partial charge is 0.109 e. The van der Waals surface area contributed by atoms with Crippen LogP contribution in [-0.2, 0) is 0 Å². The van der Waals surface area contributed by atoms with Crippen LogP contribution in [0.15, 0.2) is 10.2 Å². The van der Waals surface area contributed by atoms with E-state index < -0.39 is 0 Å². The van der Waals surface area contributed by atoms with E-state index >= 15 is 0 Å². The minimum absolute atomic E-state index is 0.223. The number of hydrogen-bond acceptors (Lipinski definition) is 3. The summed E-state index contributed by atoms with van der Waals surface area (Å²) in [4.78, 5) is 0.931. The van der Waals surface area contributed by atoms with E-state index in [0.717, 1.165) is 4.86 Å². The molecule has 1 aliphatic heterocycles. The monoisotopic (exact) mass is 156 g/mol. The Balaban J connectivity index is 3.00. The van der Waals surface area contributed by atoms with Gasteiger partial charge in [-0.1, -0.05) is 12.2 Å². The van der Waals surface area contributed by atoms with Gasteiger partial charge in [-0.3, -0.25) is 0 Å². The molecule has 0 aromatic heterocycles. The molecule has 0 saturated heterocycles. The minimum Gasteiger partial charge on any atom is -0.182 e. The molecule has 2 nitrogen and oxygen atoms in total. The average Bonchev–Trinajstić information content (AvgIpc) is 1.95. The third kappa shape index (κ3) is 0.985. The molecule has 10 heavy (non-hydrogen) atoms. The first-order valence-electron chi connectivity index (χ1n) is 3.35. The molecule has 0 fully saturated rings. The highest BCUT2D eigenvalue weighted by Gasteiger charge is 2.40. The van der Waals surface area contributed by atoms with E-state index in [4.69, 9.17) is 12.2 Å². The molecular formula is C7H12N2S. The fourth-order valence-electron chi connectivity index (χ4n) is 1.09. The number of azo groups is 1. The van der Waals surface area contributed by atoms with Gasteiger partial charge in [-0.25, -0.2) is 0 Å². The second-order valence-corrected chi connectivity index (χ2v) is 4.06. The van der Waals surface area contributed by atoms with Crippen molar-refractivity contribution in [1.29, 1.82) is 0 Å². The van der Waals surface area contributed by atoms with Crippen molar-refractivity contribution in [1.82, 2.24) is 0 Å². The predicted octanol–water partition coefficient (Wildman–Crippen LogP) is 2.38. The Kier molecular flexibility index (Phi) is 1.44. The van der Waals surface area contributed by atoms with E-state index in [9.17, 15) is 0 Å². The van der Waals surface area contributed by atoms with Crippen molar-refractivity contribution >= 4 is 17.1 Å². The van der Waals surface area contributed by atoms with Crippen LogP contribution in [0.1, 0.15) is 27.7 Å². The van der Waals surface area contributed by atoms with Gasteiger partial charge in [0.25, 0.3) is 0 Å². The zero-order valence-electron chi connectivity index (χ0n) is 6.80. The Morgan fingerprint density at radius 1 is 1.00 bits per heavy atom. The molecule has 0 aromatic carbocycles. The van der Waals surface area contributed by atoms with Crippen molar-refractivity contribution in [3.8, 4) is 0 Å². The Bertz CT molecular complexity index is 184. The van der Waals surface area contributed by atoms with Crippen molar-refractivity contribution < 1.29 is 0 Å². The highest BCUT2D eigenvalue weighted by Crippen LogP contribution is 2.31. The van der Waals surface area contributed by atoms with E-state index in [-0.39, 0.29) is 11.1 Å². The molecule has 0 saturated carbocycles. The molecule has 56 valence electrons. The molecule has 0 spiro atoms. The van der Waals surface area contributed by atoms with Crippen LogP contribution in [0.25, 0.3) is 0 Å². The third-order valence-corrected chi connectivity index (χ3v) is 2.66. The average molecular weight is 156 g/mol. The lowest BCUT2D eigenvalue weighted by molar-refractivity contribution is 0.678. The van der Waals surface area contributed by atoms with Crippen LogP contribution in [0, 0.1) is 0 Å². The maximum Gasteiger partial charge on any atom is 0.109 e. The first-order chi connectivity index (χ1) is 4.36. The van der Waals surface area contributed by atoms with Gasteiger partial charge in [0.1, 0.15) is 11.1 Å². The Hall–Kier alpha value is -0.310. The number of hydrogen-bond donors (Lipinski definition) is 0. The van der Waals surface area contributed by atoms with E-state index in [2.05, 4.69) is 10.2 Å². The molecule has 0 N–H and O–H groups in total. The first-order valence-corrected chi connectivity index (χ1v) is 3.76. The van der Waals surface area contributed by atoms with Crippen molar-refractivity contribution in [3.05, 3.63) is 0 Å². The molecule has 0 bridgehead atoms. The van der Waals surface area contributed by atoms with Gasteiger partial charge in [-0.05, 0) is 27.7 Å². The van der Waals surface area contributed by atoms with Gasteiger partial charge in [0.05, 0.1) is 4.86 Å². The molecule has 0 radical (unpaired) electrons. The van der Waals surface area contributed by atoms with Crippen LogP contribution in [0.4, 0.5) is 0 Å². The fraction of sp³-hybridized carbons (Fsp3) is 0.857. The van der Waals surface area contributed by atoms with E-state index in [0.29, 0.717) is 0 Å². The van der Waals surface area contributed by atoms with Gasteiger partial charge < -0.3 is 0 Å². The Morgan fingerprint density at radius 2 is 1.30 bits per heavy atom. The summed E-state index contributed by atoms with van der Waals surface area (Å²) in [5.41, 5.74) is -0.447. The molecule has 1 rings (SSSR count). The summed E-state index contributed by atoms with van der Waals surface area (Å²) in [7, 11) is 0. The fourth-order valence-corrected chi connectivity index (χ4v) is 1.17.